The van der Waals surface area contributed by atoms with E-state index in [0.29, 0.717) is 11.3 Å². The van der Waals surface area contributed by atoms with Crippen LogP contribution in [-0.2, 0) is 10.3 Å². The monoisotopic (exact) mass is 429 g/mol. The topological polar surface area (TPSA) is 58.8 Å². The van der Waals surface area contributed by atoms with Gasteiger partial charge in [0.1, 0.15) is 0 Å². The normalized spacial score (nSPS) is 17.2. The maximum atomic E-state index is 13.2. The predicted molar refractivity (Wildman–Crippen MR) is 132 cm³/mol. The van der Waals surface area contributed by atoms with Crippen LogP contribution < -0.4 is 15.5 Å². The van der Waals surface area contributed by atoms with E-state index in [0.717, 1.165) is 44.8 Å². The molecule has 3 aromatic rings. The van der Waals surface area contributed by atoms with Crippen molar-refractivity contribution in [3.63, 3.8) is 0 Å². The number of anilines is 3. The molecule has 0 aromatic heterocycles. The van der Waals surface area contributed by atoms with E-state index < -0.39 is 5.60 Å². The summed E-state index contributed by atoms with van der Waals surface area (Å²) in [6, 6.07) is 16.3. The second kappa shape index (κ2) is 7.59. The van der Waals surface area contributed by atoms with Crippen LogP contribution in [0.3, 0.4) is 0 Å². The highest BCUT2D eigenvalue weighted by Gasteiger charge is 2.50. The third-order valence-electron chi connectivity index (χ3n) is 6.65. The number of hydrogen-bond donors (Lipinski definition) is 1. The van der Waals surface area contributed by atoms with Crippen molar-refractivity contribution in [1.29, 1.82) is 0 Å². The minimum Gasteiger partial charge on any atom is -0.441 e. The maximum absolute atomic E-state index is 13.2. The number of nitrogens with zero attached hydrogens (tertiary/aromatic N) is 2. The summed E-state index contributed by atoms with van der Waals surface area (Å²) in [4.78, 5) is 17.3. The van der Waals surface area contributed by atoms with Gasteiger partial charge in [0.15, 0.2) is 5.60 Å². The molecule has 1 atom stereocenters. The molecule has 0 saturated carbocycles. The molecule has 5 heteroatoms. The predicted octanol–water partition coefficient (Wildman–Crippen LogP) is 4.79. The Kier molecular flexibility index (Phi) is 5.16. The van der Waals surface area contributed by atoms with Gasteiger partial charge in [-0.2, -0.15) is 0 Å². The highest BCUT2D eigenvalue weighted by Crippen LogP contribution is 2.51. The SMILES string of the molecule is Cc1cc(N(C)C)ccc1C1(c2ccc(N(C)C)cc2)OC(=O)c2cc(N)c(C)c(C)c21. The van der Waals surface area contributed by atoms with E-state index in [9.17, 15) is 4.79 Å². The van der Waals surface area contributed by atoms with E-state index in [2.05, 4.69) is 59.2 Å². The fourth-order valence-corrected chi connectivity index (χ4v) is 4.67. The van der Waals surface area contributed by atoms with E-state index >= 15 is 0 Å². The lowest BCUT2D eigenvalue weighted by Crippen LogP contribution is -2.31. The Morgan fingerprint density at radius 3 is 1.97 bits per heavy atom. The molecule has 1 aliphatic heterocycles. The minimum absolute atomic E-state index is 0.345. The van der Waals surface area contributed by atoms with Gasteiger partial charge in [0.25, 0.3) is 0 Å². The molecular formula is C27H31N3O2. The highest BCUT2D eigenvalue weighted by atomic mass is 16.6. The molecule has 1 unspecified atom stereocenters. The Morgan fingerprint density at radius 2 is 1.41 bits per heavy atom. The molecule has 0 amide bonds. The van der Waals surface area contributed by atoms with Crippen LogP contribution in [0.25, 0.3) is 0 Å². The number of rotatable bonds is 4. The molecule has 0 spiro atoms. The van der Waals surface area contributed by atoms with Crippen molar-refractivity contribution in [2.75, 3.05) is 43.7 Å². The molecular weight excluding hydrogens is 398 g/mol. The molecule has 1 heterocycles. The van der Waals surface area contributed by atoms with Gasteiger partial charge >= 0.3 is 5.97 Å². The first-order valence-electron chi connectivity index (χ1n) is 10.8. The third-order valence-corrected chi connectivity index (χ3v) is 6.65. The summed E-state index contributed by atoms with van der Waals surface area (Å²) in [7, 11) is 8.06. The summed E-state index contributed by atoms with van der Waals surface area (Å²) >= 11 is 0. The zero-order chi connectivity index (χ0) is 23.4. The summed E-state index contributed by atoms with van der Waals surface area (Å²) in [5.41, 5.74) is 14.3. The first kappa shape index (κ1) is 21.8. The van der Waals surface area contributed by atoms with Crippen molar-refractivity contribution in [2.24, 2.45) is 0 Å². The van der Waals surface area contributed by atoms with E-state index in [-0.39, 0.29) is 5.97 Å². The van der Waals surface area contributed by atoms with Gasteiger partial charge in [0.05, 0.1) is 5.56 Å². The Labute approximate surface area is 190 Å². The zero-order valence-corrected chi connectivity index (χ0v) is 19.9. The minimum atomic E-state index is -1.03. The van der Waals surface area contributed by atoms with Gasteiger partial charge in [-0.25, -0.2) is 4.79 Å². The number of nitrogen functional groups attached to an aromatic ring is 1. The molecule has 5 nitrogen and oxygen atoms in total. The molecule has 1 aliphatic rings. The zero-order valence-electron chi connectivity index (χ0n) is 19.9. The van der Waals surface area contributed by atoms with Crippen molar-refractivity contribution < 1.29 is 9.53 Å². The molecule has 32 heavy (non-hydrogen) atoms. The number of carbonyl (C=O) groups excluding carboxylic acids is 1. The number of benzene rings is 3. The average Bonchev–Trinajstić information content (AvgIpc) is 3.04. The van der Waals surface area contributed by atoms with Gasteiger partial charge in [0, 0.05) is 61.9 Å². The molecule has 0 radical (unpaired) electrons. The molecule has 0 bridgehead atoms. The van der Waals surface area contributed by atoms with Crippen molar-refractivity contribution >= 4 is 23.0 Å². The number of cyclic esters (lactones) is 1. The van der Waals surface area contributed by atoms with Crippen LogP contribution in [0.5, 0.6) is 0 Å². The average molecular weight is 430 g/mol. The van der Waals surface area contributed by atoms with Crippen LogP contribution in [0.1, 0.15) is 43.7 Å². The fraction of sp³-hybridized carbons (Fsp3) is 0.296. The van der Waals surface area contributed by atoms with Gasteiger partial charge in [-0.15, -0.1) is 0 Å². The Hall–Kier alpha value is -3.47. The van der Waals surface area contributed by atoms with E-state index in [4.69, 9.17) is 10.5 Å². The first-order chi connectivity index (χ1) is 15.1. The lowest BCUT2D eigenvalue weighted by atomic mass is 9.75. The van der Waals surface area contributed by atoms with Crippen LogP contribution in [0, 0.1) is 20.8 Å². The van der Waals surface area contributed by atoms with Crippen LogP contribution in [0.4, 0.5) is 17.1 Å². The largest absolute Gasteiger partial charge is 0.441 e. The highest BCUT2D eigenvalue weighted by molar-refractivity contribution is 5.98. The Bertz CT molecular complexity index is 1210. The number of carbonyl (C=O) groups is 1. The van der Waals surface area contributed by atoms with Crippen molar-refractivity contribution in [2.45, 2.75) is 26.4 Å². The molecule has 0 fully saturated rings. The number of ether oxygens (including phenoxy) is 1. The number of fused-ring (bicyclic) bond motifs is 1. The quantitative estimate of drug-likeness (QED) is 0.477. The molecule has 3 aromatic carbocycles. The first-order valence-corrected chi connectivity index (χ1v) is 10.8. The van der Waals surface area contributed by atoms with Crippen molar-refractivity contribution in [3.05, 3.63) is 87.5 Å². The summed E-state index contributed by atoms with van der Waals surface area (Å²) in [5.74, 6) is -0.345. The summed E-state index contributed by atoms with van der Waals surface area (Å²) in [5, 5.41) is 0. The van der Waals surface area contributed by atoms with Crippen molar-refractivity contribution in [3.8, 4) is 0 Å². The van der Waals surface area contributed by atoms with Crippen LogP contribution >= 0.6 is 0 Å². The van der Waals surface area contributed by atoms with Crippen molar-refractivity contribution in [1.82, 2.24) is 0 Å². The van der Waals surface area contributed by atoms with Crippen LogP contribution in [0.15, 0.2) is 48.5 Å². The van der Waals surface area contributed by atoms with Gasteiger partial charge in [0.2, 0.25) is 0 Å². The van der Waals surface area contributed by atoms with E-state index in [1.165, 1.54) is 0 Å². The van der Waals surface area contributed by atoms with E-state index in [1.807, 2.05) is 42.0 Å². The Morgan fingerprint density at radius 1 is 0.812 bits per heavy atom. The number of aryl methyl sites for hydroxylation is 1. The third kappa shape index (κ3) is 3.11. The number of esters is 1. The number of nitrogens with two attached hydrogens (primary N) is 1. The maximum Gasteiger partial charge on any atom is 0.340 e. The van der Waals surface area contributed by atoms with Gasteiger partial charge in [-0.05, 0) is 67.8 Å². The summed E-state index contributed by atoms with van der Waals surface area (Å²) in [6.07, 6.45) is 0. The fourth-order valence-electron chi connectivity index (χ4n) is 4.67. The van der Waals surface area contributed by atoms with Crippen LogP contribution in [-0.4, -0.2) is 34.2 Å². The van der Waals surface area contributed by atoms with Crippen LogP contribution in [0.2, 0.25) is 0 Å². The number of hydrogen-bond acceptors (Lipinski definition) is 5. The molecule has 0 saturated heterocycles. The second-order valence-corrected chi connectivity index (χ2v) is 9.04. The summed E-state index contributed by atoms with van der Waals surface area (Å²) < 4.78 is 6.34. The van der Waals surface area contributed by atoms with E-state index in [1.54, 1.807) is 6.07 Å². The molecule has 2 N–H and O–H groups in total. The lowest BCUT2D eigenvalue weighted by molar-refractivity contribution is 0.0249. The standard InChI is InChI=1S/C27H31N3O2/c1-16-14-21(30(6)7)12-13-23(16)27(19-8-10-20(11-9-19)29(4)5)25-18(3)17(2)24(28)15-22(25)26(31)32-27/h8-15H,28H2,1-7H3. The molecule has 4 rings (SSSR count). The van der Waals surface area contributed by atoms with Gasteiger partial charge in [-0.1, -0.05) is 18.2 Å². The smallest absolute Gasteiger partial charge is 0.340 e. The molecule has 0 aliphatic carbocycles. The van der Waals surface area contributed by atoms with Gasteiger partial charge < -0.3 is 20.3 Å². The second-order valence-electron chi connectivity index (χ2n) is 9.04. The summed E-state index contributed by atoms with van der Waals surface area (Å²) in [6.45, 7) is 6.10. The lowest BCUT2D eigenvalue weighted by Gasteiger charge is -2.34. The Balaban J connectivity index is 2.08. The van der Waals surface area contributed by atoms with Gasteiger partial charge in [-0.3, -0.25) is 0 Å². The molecule has 166 valence electrons.